The second-order valence-electron chi connectivity index (χ2n) is 3.13. The molecule has 1 amide bonds. The van der Waals surface area contributed by atoms with E-state index in [1.54, 1.807) is 4.72 Å². The van der Waals surface area contributed by atoms with E-state index < -0.39 is 16.3 Å². The Morgan fingerprint density at radius 2 is 2.00 bits per heavy atom. The topological polar surface area (TPSA) is 111 Å². The van der Waals surface area contributed by atoms with E-state index in [0.717, 1.165) is 11.4 Å². The highest BCUT2D eigenvalue weighted by molar-refractivity contribution is 7.87. The van der Waals surface area contributed by atoms with Gasteiger partial charge in [-0.15, -0.1) is 0 Å². The average Bonchev–Trinajstić information content (AvgIpc) is 2.28. The van der Waals surface area contributed by atoms with E-state index in [-0.39, 0.29) is 19.7 Å². The zero-order valence-corrected chi connectivity index (χ0v) is 10.8. The summed E-state index contributed by atoms with van der Waals surface area (Å²) in [5.74, 6) is 0. The van der Waals surface area contributed by atoms with Gasteiger partial charge in [0.1, 0.15) is 0 Å². The molecule has 0 aliphatic carbocycles. The molecule has 0 aliphatic heterocycles. The molecule has 3 N–H and O–H groups in total. The van der Waals surface area contributed by atoms with Crippen LogP contribution in [0.25, 0.3) is 0 Å². The molecule has 0 saturated carbocycles. The molecule has 0 atom stereocenters. The highest BCUT2D eigenvalue weighted by Gasteiger charge is 2.23. The number of amides is 1. The first-order chi connectivity index (χ1) is 7.97. The monoisotopic (exact) mass is 269 g/mol. The lowest BCUT2D eigenvalue weighted by atomic mass is 10.4. The number of hydrogen-bond donors (Lipinski definition) is 2. The van der Waals surface area contributed by atoms with Crippen molar-refractivity contribution >= 4 is 16.3 Å². The van der Waals surface area contributed by atoms with Crippen molar-refractivity contribution in [1.29, 1.82) is 0 Å². The number of carbonyl (C=O) groups is 1. The lowest BCUT2D eigenvalue weighted by molar-refractivity contribution is 0.171. The molecule has 0 unspecified atom stereocenters. The molecule has 0 aliphatic rings. The maximum Gasteiger partial charge on any atom is 0.421 e. The normalized spacial score (nSPS) is 11.5. The van der Waals surface area contributed by atoms with Crippen LogP contribution in [0.5, 0.6) is 0 Å². The first-order valence-corrected chi connectivity index (χ1v) is 6.46. The van der Waals surface area contributed by atoms with Crippen LogP contribution in [0.2, 0.25) is 0 Å². The Kier molecular flexibility index (Phi) is 7.79. The summed E-state index contributed by atoms with van der Waals surface area (Å²) in [6, 6.07) is 0. The Balaban J connectivity index is 4.57. The van der Waals surface area contributed by atoms with E-state index in [4.69, 9.17) is 10.5 Å². The van der Waals surface area contributed by atoms with Gasteiger partial charge in [0.25, 0.3) is 0 Å². The maximum atomic E-state index is 11.7. The van der Waals surface area contributed by atoms with E-state index in [2.05, 4.69) is 4.74 Å². The molecular weight excluding hydrogens is 250 g/mol. The largest absolute Gasteiger partial charge is 0.452 e. The quantitative estimate of drug-likeness (QED) is 0.577. The summed E-state index contributed by atoms with van der Waals surface area (Å²) in [5, 5.41) is 0. The van der Waals surface area contributed by atoms with Gasteiger partial charge in [0.15, 0.2) is 0 Å². The fourth-order valence-corrected chi connectivity index (χ4v) is 2.13. The van der Waals surface area contributed by atoms with Gasteiger partial charge >= 0.3 is 16.3 Å². The molecule has 0 aromatic carbocycles. The summed E-state index contributed by atoms with van der Waals surface area (Å²) in [7, 11) is -1.36. The number of carbonyl (C=O) groups excluding carboxylic acids is 1. The third-order valence-electron chi connectivity index (χ3n) is 1.89. The smallest absolute Gasteiger partial charge is 0.421 e. The minimum atomic E-state index is -3.90. The average molecular weight is 269 g/mol. The minimum absolute atomic E-state index is 0.142. The van der Waals surface area contributed by atoms with Crippen LogP contribution in [0.15, 0.2) is 0 Å². The summed E-state index contributed by atoms with van der Waals surface area (Å²) >= 11 is 0. The predicted octanol–water partition coefficient (Wildman–Crippen LogP) is -1.12. The molecular formula is C8H19N3O5S. The molecule has 0 aromatic rings. The summed E-state index contributed by atoms with van der Waals surface area (Å²) in [6.07, 6.45) is -0.536. The van der Waals surface area contributed by atoms with Gasteiger partial charge in [0.05, 0.1) is 13.7 Å². The van der Waals surface area contributed by atoms with Crippen molar-refractivity contribution in [3.05, 3.63) is 0 Å². The number of nitrogens with two attached hydrogens (primary N) is 1. The van der Waals surface area contributed by atoms with Crippen LogP contribution >= 0.6 is 0 Å². The van der Waals surface area contributed by atoms with Crippen molar-refractivity contribution in [2.45, 2.75) is 6.42 Å². The van der Waals surface area contributed by atoms with Crippen LogP contribution in [-0.4, -0.2) is 59.3 Å². The predicted molar refractivity (Wildman–Crippen MR) is 61.6 cm³/mol. The van der Waals surface area contributed by atoms with Crippen LogP contribution in [0, 0.1) is 0 Å². The van der Waals surface area contributed by atoms with Crippen molar-refractivity contribution in [1.82, 2.24) is 9.03 Å². The molecule has 0 rings (SSSR count). The van der Waals surface area contributed by atoms with E-state index in [9.17, 15) is 13.2 Å². The Hall–Kier alpha value is -0.900. The summed E-state index contributed by atoms with van der Waals surface area (Å²) in [4.78, 5) is 10.9. The van der Waals surface area contributed by atoms with Crippen LogP contribution in [0.4, 0.5) is 4.79 Å². The Morgan fingerprint density at radius 1 is 1.35 bits per heavy atom. The van der Waals surface area contributed by atoms with Gasteiger partial charge in [-0.1, -0.05) is 0 Å². The van der Waals surface area contributed by atoms with Crippen LogP contribution in [-0.2, 0) is 19.7 Å². The molecule has 0 radical (unpaired) electrons. The first kappa shape index (κ1) is 16.1. The van der Waals surface area contributed by atoms with Gasteiger partial charge in [-0.05, 0) is 13.0 Å². The zero-order valence-electron chi connectivity index (χ0n) is 10.0. The number of methoxy groups -OCH3 is 2. The van der Waals surface area contributed by atoms with E-state index in [0.29, 0.717) is 13.0 Å². The van der Waals surface area contributed by atoms with Gasteiger partial charge in [-0.3, -0.25) is 0 Å². The van der Waals surface area contributed by atoms with Gasteiger partial charge in [0, 0.05) is 20.2 Å². The van der Waals surface area contributed by atoms with E-state index >= 15 is 0 Å². The molecule has 0 fully saturated rings. The Bertz CT molecular complexity index is 311. The fourth-order valence-electron chi connectivity index (χ4n) is 1.02. The van der Waals surface area contributed by atoms with Gasteiger partial charge < -0.3 is 15.2 Å². The highest BCUT2D eigenvalue weighted by Crippen LogP contribution is 2.00. The van der Waals surface area contributed by atoms with Gasteiger partial charge in [0.2, 0.25) is 0 Å². The molecule has 102 valence electrons. The first-order valence-electron chi connectivity index (χ1n) is 5.02. The molecule has 0 aromatic heterocycles. The molecule has 9 heteroatoms. The lowest BCUT2D eigenvalue weighted by Gasteiger charge is -2.21. The number of nitrogens with zero attached hydrogens (tertiary/aromatic N) is 1. The second-order valence-corrected chi connectivity index (χ2v) is 4.80. The lowest BCUT2D eigenvalue weighted by Crippen LogP contribution is -2.45. The van der Waals surface area contributed by atoms with Crippen molar-refractivity contribution in [2.24, 2.45) is 5.73 Å². The summed E-state index contributed by atoms with van der Waals surface area (Å²) in [5.41, 5.74) is 5.31. The minimum Gasteiger partial charge on any atom is -0.452 e. The van der Waals surface area contributed by atoms with Crippen molar-refractivity contribution in [3.63, 3.8) is 0 Å². The fraction of sp³-hybridized carbons (Fsp3) is 0.875. The van der Waals surface area contributed by atoms with Gasteiger partial charge in [-0.25, -0.2) is 9.52 Å². The van der Waals surface area contributed by atoms with Crippen LogP contribution < -0.4 is 10.5 Å². The molecule has 8 nitrogen and oxygen atoms in total. The van der Waals surface area contributed by atoms with Crippen LogP contribution in [0.3, 0.4) is 0 Å². The summed E-state index contributed by atoms with van der Waals surface area (Å²) < 4.78 is 35.3. The standard InChI is InChI=1S/C8H19N3O5S/c1-15-7-6-11(5-3-4-9)17(13,14)10-8(12)16-2/h3-7,9H2,1-2H3,(H,10,12). The molecule has 0 heterocycles. The molecule has 0 saturated heterocycles. The van der Waals surface area contributed by atoms with Crippen molar-refractivity contribution in [3.8, 4) is 0 Å². The molecule has 0 bridgehead atoms. The van der Waals surface area contributed by atoms with Crippen molar-refractivity contribution in [2.75, 3.05) is 40.5 Å². The maximum absolute atomic E-state index is 11.7. The molecule has 0 spiro atoms. The second kappa shape index (κ2) is 8.23. The summed E-state index contributed by atoms with van der Waals surface area (Å²) in [6.45, 7) is 0.943. The molecule has 17 heavy (non-hydrogen) atoms. The number of rotatable bonds is 8. The number of ether oxygens (including phenoxy) is 2. The Labute approximate surface area is 101 Å². The van der Waals surface area contributed by atoms with Gasteiger partial charge in [-0.2, -0.15) is 12.7 Å². The third-order valence-corrected chi connectivity index (χ3v) is 3.36. The third kappa shape index (κ3) is 6.41. The highest BCUT2D eigenvalue weighted by atomic mass is 32.2. The van der Waals surface area contributed by atoms with E-state index in [1.807, 2.05) is 0 Å². The number of nitrogens with one attached hydrogen (secondary N) is 1. The SMILES string of the molecule is COCCN(CCCN)S(=O)(=O)NC(=O)OC. The number of hydrogen-bond acceptors (Lipinski definition) is 6. The van der Waals surface area contributed by atoms with E-state index in [1.165, 1.54) is 7.11 Å². The zero-order chi connectivity index (χ0) is 13.3. The Morgan fingerprint density at radius 3 is 2.47 bits per heavy atom. The van der Waals surface area contributed by atoms with Crippen LogP contribution in [0.1, 0.15) is 6.42 Å². The van der Waals surface area contributed by atoms with Crippen molar-refractivity contribution < 1.29 is 22.7 Å².